The Labute approximate surface area is 143 Å². The number of hydrogen-bond donors (Lipinski definition) is 0. The van der Waals surface area contributed by atoms with Crippen molar-refractivity contribution in [2.24, 2.45) is 0 Å². The Hall–Kier alpha value is -1.98. The SMILES string of the molecule is COc1cc2nncc(SCc3ccc(Cl)cc3)c2cc1OC. The topological polar surface area (TPSA) is 44.2 Å². The van der Waals surface area contributed by atoms with E-state index >= 15 is 0 Å². The standard InChI is InChI=1S/C17H15ClN2O2S/c1-21-15-7-13-14(8-16(15)22-2)20-19-9-17(13)23-10-11-3-5-12(18)6-4-11/h3-9H,10H2,1-2H3. The maximum atomic E-state index is 5.92. The van der Waals surface area contributed by atoms with Crippen LogP contribution in [0.5, 0.6) is 11.5 Å². The lowest BCUT2D eigenvalue weighted by Gasteiger charge is -2.10. The molecule has 0 spiro atoms. The second-order valence-corrected chi connectivity index (χ2v) is 6.30. The molecule has 0 bridgehead atoms. The number of fused-ring (bicyclic) bond motifs is 1. The molecule has 1 heterocycles. The molecule has 0 aliphatic rings. The zero-order chi connectivity index (χ0) is 16.2. The molecule has 0 radical (unpaired) electrons. The van der Waals surface area contributed by atoms with Crippen molar-refractivity contribution in [2.75, 3.05) is 14.2 Å². The summed E-state index contributed by atoms with van der Waals surface area (Å²) in [6.07, 6.45) is 1.77. The van der Waals surface area contributed by atoms with Crippen molar-refractivity contribution in [3.05, 3.63) is 53.2 Å². The van der Waals surface area contributed by atoms with Gasteiger partial charge in [0.1, 0.15) is 0 Å². The highest BCUT2D eigenvalue weighted by Crippen LogP contribution is 2.36. The van der Waals surface area contributed by atoms with Gasteiger partial charge in [-0.3, -0.25) is 0 Å². The van der Waals surface area contributed by atoms with Crippen molar-refractivity contribution in [3.63, 3.8) is 0 Å². The van der Waals surface area contributed by atoms with Crippen molar-refractivity contribution in [3.8, 4) is 11.5 Å². The van der Waals surface area contributed by atoms with Crippen LogP contribution >= 0.6 is 23.4 Å². The van der Waals surface area contributed by atoms with Gasteiger partial charge in [0.25, 0.3) is 0 Å². The smallest absolute Gasteiger partial charge is 0.162 e. The minimum atomic E-state index is 0.647. The van der Waals surface area contributed by atoms with Crippen LogP contribution in [0.3, 0.4) is 0 Å². The maximum absolute atomic E-state index is 5.92. The van der Waals surface area contributed by atoms with Gasteiger partial charge in [-0.25, -0.2) is 0 Å². The molecule has 0 amide bonds. The lowest BCUT2D eigenvalue weighted by molar-refractivity contribution is 0.355. The van der Waals surface area contributed by atoms with E-state index in [1.165, 1.54) is 5.56 Å². The zero-order valence-electron chi connectivity index (χ0n) is 12.7. The molecular formula is C17H15ClN2O2S. The van der Waals surface area contributed by atoms with Gasteiger partial charge in [-0.2, -0.15) is 10.2 Å². The summed E-state index contributed by atoms with van der Waals surface area (Å²) in [5.74, 6) is 2.15. The molecule has 118 valence electrons. The summed E-state index contributed by atoms with van der Waals surface area (Å²) in [6.45, 7) is 0. The van der Waals surface area contributed by atoms with Gasteiger partial charge in [0.2, 0.25) is 0 Å². The van der Waals surface area contributed by atoms with Crippen LogP contribution in [-0.2, 0) is 5.75 Å². The van der Waals surface area contributed by atoms with Crippen LogP contribution in [0.4, 0.5) is 0 Å². The molecule has 6 heteroatoms. The molecule has 3 rings (SSSR count). The first-order valence-electron chi connectivity index (χ1n) is 6.96. The fourth-order valence-electron chi connectivity index (χ4n) is 2.22. The van der Waals surface area contributed by atoms with Crippen molar-refractivity contribution in [1.82, 2.24) is 10.2 Å². The van der Waals surface area contributed by atoms with Crippen LogP contribution in [0.25, 0.3) is 10.9 Å². The monoisotopic (exact) mass is 346 g/mol. The number of halogens is 1. The van der Waals surface area contributed by atoms with Gasteiger partial charge in [-0.1, -0.05) is 23.7 Å². The van der Waals surface area contributed by atoms with Gasteiger partial charge in [-0.05, 0) is 23.8 Å². The van der Waals surface area contributed by atoms with Crippen molar-refractivity contribution in [1.29, 1.82) is 0 Å². The Balaban J connectivity index is 1.92. The number of benzene rings is 2. The van der Waals surface area contributed by atoms with E-state index in [0.717, 1.165) is 26.6 Å². The van der Waals surface area contributed by atoms with Gasteiger partial charge < -0.3 is 9.47 Å². The average Bonchev–Trinajstić information content (AvgIpc) is 2.60. The Morgan fingerprint density at radius 2 is 1.74 bits per heavy atom. The molecule has 2 aromatic carbocycles. The molecule has 0 fully saturated rings. The highest BCUT2D eigenvalue weighted by Gasteiger charge is 2.11. The van der Waals surface area contributed by atoms with E-state index in [-0.39, 0.29) is 0 Å². The number of rotatable bonds is 5. The molecule has 23 heavy (non-hydrogen) atoms. The summed E-state index contributed by atoms with van der Waals surface area (Å²) in [4.78, 5) is 1.05. The maximum Gasteiger partial charge on any atom is 0.162 e. The van der Waals surface area contributed by atoms with E-state index in [4.69, 9.17) is 21.1 Å². The molecular weight excluding hydrogens is 332 g/mol. The van der Waals surface area contributed by atoms with E-state index in [2.05, 4.69) is 10.2 Å². The number of methoxy groups -OCH3 is 2. The highest BCUT2D eigenvalue weighted by molar-refractivity contribution is 7.98. The van der Waals surface area contributed by atoms with Crippen LogP contribution in [0, 0.1) is 0 Å². The van der Waals surface area contributed by atoms with Crippen molar-refractivity contribution < 1.29 is 9.47 Å². The summed E-state index contributed by atoms with van der Waals surface area (Å²) >= 11 is 7.62. The molecule has 0 N–H and O–H groups in total. The fraction of sp³-hybridized carbons (Fsp3) is 0.176. The first-order valence-corrected chi connectivity index (χ1v) is 8.32. The Morgan fingerprint density at radius 3 is 2.43 bits per heavy atom. The van der Waals surface area contributed by atoms with E-state index in [1.54, 1.807) is 32.2 Å². The largest absolute Gasteiger partial charge is 0.493 e. The first kappa shape index (κ1) is 15.9. The fourth-order valence-corrected chi connectivity index (χ4v) is 3.30. The predicted octanol–water partition coefficient (Wildman–Crippen LogP) is 4.59. The predicted molar refractivity (Wildman–Crippen MR) is 93.7 cm³/mol. The second-order valence-electron chi connectivity index (χ2n) is 4.85. The number of nitrogens with zero attached hydrogens (tertiary/aromatic N) is 2. The lowest BCUT2D eigenvalue weighted by Crippen LogP contribution is -1.93. The summed E-state index contributed by atoms with van der Waals surface area (Å²) < 4.78 is 10.7. The summed E-state index contributed by atoms with van der Waals surface area (Å²) in [7, 11) is 3.23. The Kier molecular flexibility index (Phi) is 4.88. The van der Waals surface area contributed by atoms with Gasteiger partial charge in [0.15, 0.2) is 11.5 Å². The molecule has 3 aromatic rings. The Morgan fingerprint density at radius 1 is 1.04 bits per heavy atom. The number of ether oxygens (including phenoxy) is 2. The normalized spacial score (nSPS) is 10.7. The van der Waals surface area contributed by atoms with Crippen LogP contribution in [0.15, 0.2) is 47.5 Å². The third-order valence-electron chi connectivity index (χ3n) is 3.42. The van der Waals surface area contributed by atoms with Gasteiger partial charge in [0, 0.05) is 27.1 Å². The molecule has 4 nitrogen and oxygen atoms in total. The summed E-state index contributed by atoms with van der Waals surface area (Å²) in [6, 6.07) is 11.6. The van der Waals surface area contributed by atoms with Gasteiger partial charge >= 0.3 is 0 Å². The van der Waals surface area contributed by atoms with Crippen molar-refractivity contribution in [2.45, 2.75) is 10.6 Å². The molecule has 0 aliphatic carbocycles. The quantitative estimate of drug-likeness (QED) is 0.632. The second kappa shape index (κ2) is 7.06. The average molecular weight is 347 g/mol. The molecule has 0 atom stereocenters. The van der Waals surface area contributed by atoms with Gasteiger partial charge in [-0.15, -0.1) is 11.8 Å². The molecule has 1 aromatic heterocycles. The lowest BCUT2D eigenvalue weighted by atomic mass is 10.2. The van der Waals surface area contributed by atoms with E-state index in [9.17, 15) is 0 Å². The van der Waals surface area contributed by atoms with Crippen LogP contribution in [-0.4, -0.2) is 24.4 Å². The molecule has 0 saturated carbocycles. The number of aromatic nitrogens is 2. The summed E-state index contributed by atoms with van der Waals surface area (Å²) in [5, 5.41) is 10.00. The van der Waals surface area contributed by atoms with E-state index in [0.29, 0.717) is 11.5 Å². The van der Waals surface area contributed by atoms with E-state index in [1.807, 2.05) is 36.4 Å². The van der Waals surface area contributed by atoms with E-state index < -0.39 is 0 Å². The minimum Gasteiger partial charge on any atom is -0.493 e. The van der Waals surface area contributed by atoms with Crippen molar-refractivity contribution >= 4 is 34.3 Å². The zero-order valence-corrected chi connectivity index (χ0v) is 14.3. The van der Waals surface area contributed by atoms with Crippen LogP contribution < -0.4 is 9.47 Å². The molecule has 0 saturated heterocycles. The highest BCUT2D eigenvalue weighted by atomic mass is 35.5. The third kappa shape index (κ3) is 3.51. The van der Waals surface area contributed by atoms with Crippen LogP contribution in [0.1, 0.15) is 5.56 Å². The third-order valence-corrected chi connectivity index (χ3v) is 4.78. The minimum absolute atomic E-state index is 0.647. The molecule has 0 unspecified atom stereocenters. The summed E-state index contributed by atoms with van der Waals surface area (Å²) in [5.41, 5.74) is 1.98. The number of hydrogen-bond acceptors (Lipinski definition) is 5. The van der Waals surface area contributed by atoms with Gasteiger partial charge in [0.05, 0.1) is 25.9 Å². The molecule has 0 aliphatic heterocycles. The van der Waals surface area contributed by atoms with Crippen LogP contribution in [0.2, 0.25) is 5.02 Å². The number of thioether (sulfide) groups is 1. The first-order chi connectivity index (χ1) is 11.2. The Bertz CT molecular complexity index is 825.